The summed E-state index contributed by atoms with van der Waals surface area (Å²) in [5.74, 6) is 2.78. The zero-order chi connectivity index (χ0) is 13.7. The van der Waals surface area contributed by atoms with Crippen LogP contribution in [0.4, 0.5) is 5.13 Å². The first-order valence-corrected chi connectivity index (χ1v) is 7.34. The van der Waals surface area contributed by atoms with Crippen molar-refractivity contribution in [3.05, 3.63) is 34.9 Å². The van der Waals surface area contributed by atoms with Crippen LogP contribution in [0.15, 0.2) is 28.6 Å². The largest absolute Gasteiger partial charge is 0.296 e. The summed E-state index contributed by atoms with van der Waals surface area (Å²) in [7, 11) is 0. The predicted octanol–water partition coefficient (Wildman–Crippen LogP) is 3.17. The molecule has 96 valence electrons. The van der Waals surface area contributed by atoms with E-state index < -0.39 is 0 Å². The maximum Gasteiger partial charge on any atom is 0.257 e. The van der Waals surface area contributed by atoms with E-state index in [0.717, 1.165) is 4.34 Å². The first-order chi connectivity index (χ1) is 9.19. The minimum atomic E-state index is -0.249. The number of hydrogen-bond acceptors (Lipinski definition) is 5. The molecule has 0 bridgehead atoms. The molecule has 1 N–H and O–H groups in total. The van der Waals surface area contributed by atoms with Crippen LogP contribution in [0, 0.1) is 12.3 Å². The molecule has 7 heteroatoms. The van der Waals surface area contributed by atoms with Crippen LogP contribution in [0.1, 0.15) is 10.4 Å². The molecule has 0 saturated heterocycles. The van der Waals surface area contributed by atoms with Gasteiger partial charge in [-0.1, -0.05) is 40.6 Å². The molecule has 0 unspecified atom stereocenters. The molecule has 0 aliphatic rings. The number of hydrogen-bond donors (Lipinski definition) is 1. The Morgan fingerprint density at radius 3 is 2.84 bits per heavy atom. The minimum absolute atomic E-state index is 0.249. The van der Waals surface area contributed by atoms with Crippen molar-refractivity contribution < 1.29 is 4.79 Å². The van der Waals surface area contributed by atoms with E-state index in [4.69, 9.17) is 18.0 Å². The van der Waals surface area contributed by atoms with Gasteiger partial charge in [-0.05, 0) is 24.3 Å². The van der Waals surface area contributed by atoms with Gasteiger partial charge in [0.05, 0.1) is 5.75 Å². The van der Waals surface area contributed by atoms with Crippen molar-refractivity contribution in [1.29, 1.82) is 0 Å². The molecule has 1 aromatic heterocycles. The number of amides is 1. The number of aromatic nitrogens is 2. The highest BCUT2D eigenvalue weighted by molar-refractivity contribution is 8.01. The zero-order valence-corrected chi connectivity index (χ0v) is 12.0. The minimum Gasteiger partial charge on any atom is -0.296 e. The van der Waals surface area contributed by atoms with Crippen molar-refractivity contribution >= 4 is 45.7 Å². The first kappa shape index (κ1) is 13.9. The molecular weight excluding hydrogens is 302 g/mol. The van der Waals surface area contributed by atoms with Crippen molar-refractivity contribution in [2.75, 3.05) is 11.1 Å². The Kier molecular flexibility index (Phi) is 4.80. The van der Waals surface area contributed by atoms with Crippen LogP contribution in [0.2, 0.25) is 5.02 Å². The average Bonchev–Trinajstić information content (AvgIpc) is 2.84. The highest BCUT2D eigenvalue weighted by atomic mass is 35.5. The number of halogens is 1. The maximum absolute atomic E-state index is 11.9. The summed E-state index contributed by atoms with van der Waals surface area (Å²) >= 11 is 8.45. The van der Waals surface area contributed by atoms with Crippen LogP contribution in [-0.2, 0) is 0 Å². The number of terminal acetylenes is 1. The Morgan fingerprint density at radius 1 is 1.42 bits per heavy atom. The first-order valence-electron chi connectivity index (χ1n) is 5.15. The Labute approximate surface area is 123 Å². The van der Waals surface area contributed by atoms with Crippen molar-refractivity contribution in [3.63, 3.8) is 0 Å². The number of benzene rings is 1. The quantitative estimate of drug-likeness (QED) is 0.535. The van der Waals surface area contributed by atoms with Gasteiger partial charge in [0.25, 0.3) is 5.91 Å². The van der Waals surface area contributed by atoms with E-state index in [1.165, 1.54) is 23.1 Å². The van der Waals surface area contributed by atoms with E-state index in [1.807, 2.05) is 0 Å². The Morgan fingerprint density at radius 2 is 2.16 bits per heavy atom. The Balaban J connectivity index is 2.01. The molecule has 0 fully saturated rings. The van der Waals surface area contributed by atoms with E-state index in [0.29, 0.717) is 21.5 Å². The normalized spacial score (nSPS) is 9.89. The van der Waals surface area contributed by atoms with Crippen LogP contribution in [0.5, 0.6) is 0 Å². The van der Waals surface area contributed by atoms with E-state index in [9.17, 15) is 4.79 Å². The summed E-state index contributed by atoms with van der Waals surface area (Å²) in [5, 5.41) is 11.5. The lowest BCUT2D eigenvalue weighted by Crippen LogP contribution is -2.11. The van der Waals surface area contributed by atoms with Crippen molar-refractivity contribution in [2.45, 2.75) is 4.34 Å². The number of carbonyl (C=O) groups excluding carboxylic acids is 1. The molecule has 0 radical (unpaired) electrons. The van der Waals surface area contributed by atoms with E-state index in [1.54, 1.807) is 24.3 Å². The highest BCUT2D eigenvalue weighted by Crippen LogP contribution is 2.25. The molecular formula is C12H8ClN3OS2. The predicted molar refractivity (Wildman–Crippen MR) is 78.9 cm³/mol. The molecule has 19 heavy (non-hydrogen) atoms. The zero-order valence-electron chi connectivity index (χ0n) is 9.59. The van der Waals surface area contributed by atoms with E-state index >= 15 is 0 Å². The number of thioether (sulfide) groups is 1. The third kappa shape index (κ3) is 3.96. The molecule has 2 rings (SSSR count). The Bertz CT molecular complexity index is 619. The number of carbonyl (C=O) groups is 1. The average molecular weight is 310 g/mol. The lowest BCUT2D eigenvalue weighted by molar-refractivity contribution is 0.102. The maximum atomic E-state index is 11.9. The summed E-state index contributed by atoms with van der Waals surface area (Å²) in [5.41, 5.74) is 0.512. The van der Waals surface area contributed by atoms with Gasteiger partial charge in [0, 0.05) is 10.6 Å². The highest BCUT2D eigenvalue weighted by Gasteiger charge is 2.10. The molecule has 0 atom stereocenters. The number of nitrogens with zero attached hydrogens (tertiary/aromatic N) is 2. The lowest BCUT2D eigenvalue weighted by Gasteiger charge is -2.00. The topological polar surface area (TPSA) is 54.9 Å². The molecule has 0 saturated carbocycles. The summed E-state index contributed by atoms with van der Waals surface area (Å²) in [4.78, 5) is 11.9. The SMILES string of the molecule is C#CCSc1nnc(NC(=O)c2ccc(Cl)cc2)s1. The Hall–Kier alpha value is -1.55. The number of anilines is 1. The number of rotatable bonds is 4. The van der Waals surface area contributed by atoms with Gasteiger partial charge >= 0.3 is 0 Å². The summed E-state index contributed by atoms with van der Waals surface area (Å²) < 4.78 is 0.726. The van der Waals surface area contributed by atoms with Crippen molar-refractivity contribution in [2.24, 2.45) is 0 Å². The van der Waals surface area contributed by atoms with Gasteiger partial charge in [0.1, 0.15) is 0 Å². The van der Waals surface area contributed by atoms with E-state index in [-0.39, 0.29) is 5.91 Å². The van der Waals surface area contributed by atoms with Crippen LogP contribution in [0.3, 0.4) is 0 Å². The van der Waals surface area contributed by atoms with Gasteiger partial charge in [-0.15, -0.1) is 16.6 Å². The summed E-state index contributed by atoms with van der Waals surface area (Å²) in [6.45, 7) is 0. The second-order valence-electron chi connectivity index (χ2n) is 3.33. The fourth-order valence-electron chi connectivity index (χ4n) is 1.19. The van der Waals surface area contributed by atoms with Gasteiger partial charge in [-0.25, -0.2) is 0 Å². The smallest absolute Gasteiger partial charge is 0.257 e. The molecule has 1 heterocycles. The molecule has 4 nitrogen and oxygen atoms in total. The summed E-state index contributed by atoms with van der Waals surface area (Å²) in [6, 6.07) is 6.61. The number of nitrogens with one attached hydrogen (secondary N) is 1. The van der Waals surface area contributed by atoms with E-state index in [2.05, 4.69) is 21.4 Å². The van der Waals surface area contributed by atoms with Crippen molar-refractivity contribution in [3.8, 4) is 12.3 Å². The molecule has 0 spiro atoms. The van der Waals surface area contributed by atoms with Gasteiger partial charge in [0.15, 0.2) is 4.34 Å². The monoisotopic (exact) mass is 309 g/mol. The standard InChI is InChI=1S/C12H8ClN3OS2/c1-2-7-18-12-16-15-11(19-12)14-10(17)8-3-5-9(13)6-4-8/h1,3-6H,7H2,(H,14,15,17). The van der Waals surface area contributed by atoms with Gasteiger partial charge in [-0.3, -0.25) is 10.1 Å². The van der Waals surface area contributed by atoms with Crippen LogP contribution >= 0.6 is 34.7 Å². The molecule has 1 aromatic carbocycles. The van der Waals surface area contributed by atoms with Gasteiger partial charge < -0.3 is 0 Å². The second-order valence-corrected chi connectivity index (χ2v) is 5.96. The fraction of sp³-hybridized carbons (Fsp3) is 0.0833. The molecule has 0 aliphatic heterocycles. The lowest BCUT2D eigenvalue weighted by atomic mass is 10.2. The summed E-state index contributed by atoms with van der Waals surface area (Å²) in [6.07, 6.45) is 5.16. The van der Waals surface area contributed by atoms with Crippen LogP contribution < -0.4 is 5.32 Å². The molecule has 2 aromatic rings. The fourth-order valence-corrected chi connectivity index (χ4v) is 2.75. The second kappa shape index (κ2) is 6.57. The van der Waals surface area contributed by atoms with Crippen molar-refractivity contribution in [1.82, 2.24) is 10.2 Å². The molecule has 0 aliphatic carbocycles. The van der Waals surface area contributed by atoms with Crippen LogP contribution in [0.25, 0.3) is 0 Å². The van der Waals surface area contributed by atoms with Gasteiger partial charge in [0.2, 0.25) is 5.13 Å². The third-order valence-electron chi connectivity index (χ3n) is 2.01. The molecule has 1 amide bonds. The van der Waals surface area contributed by atoms with Crippen LogP contribution in [-0.4, -0.2) is 21.9 Å². The third-order valence-corrected chi connectivity index (χ3v) is 4.14. The van der Waals surface area contributed by atoms with Gasteiger partial charge in [-0.2, -0.15) is 0 Å².